The quantitative estimate of drug-likeness (QED) is 0.804. The highest BCUT2D eigenvalue weighted by Gasteiger charge is 2.30. The largest absolute Gasteiger partial charge is 0.467 e. The molecule has 1 unspecified atom stereocenters. The number of anilines is 2. The van der Waals surface area contributed by atoms with Gasteiger partial charge >= 0.3 is 0 Å². The third-order valence-corrected chi connectivity index (χ3v) is 7.02. The van der Waals surface area contributed by atoms with Crippen LogP contribution in [-0.4, -0.2) is 25.6 Å². The predicted octanol–water partition coefficient (Wildman–Crippen LogP) is 3.15. The van der Waals surface area contributed by atoms with Crippen molar-refractivity contribution in [1.82, 2.24) is 0 Å². The summed E-state index contributed by atoms with van der Waals surface area (Å²) in [5.41, 5.74) is 1.87. The van der Waals surface area contributed by atoms with E-state index < -0.39 is 15.9 Å². The molecule has 1 aliphatic rings. The number of nitrogens with zero attached hydrogens (tertiary/aromatic N) is 1. The van der Waals surface area contributed by atoms with Crippen molar-refractivity contribution in [3.63, 3.8) is 0 Å². The van der Waals surface area contributed by atoms with Crippen LogP contribution in [0.25, 0.3) is 0 Å². The van der Waals surface area contributed by atoms with Gasteiger partial charge in [-0.1, -0.05) is 6.07 Å². The van der Waals surface area contributed by atoms with Crippen LogP contribution in [0.4, 0.5) is 11.4 Å². The molecule has 2 heterocycles. The molecule has 1 atom stereocenters. The Kier molecular flexibility index (Phi) is 4.81. The van der Waals surface area contributed by atoms with Crippen molar-refractivity contribution in [2.24, 2.45) is 0 Å². The first-order valence-electron chi connectivity index (χ1n) is 7.49. The summed E-state index contributed by atoms with van der Waals surface area (Å²) in [5, 5.41) is 4.90. The van der Waals surface area contributed by atoms with E-state index in [9.17, 15) is 13.2 Å². The minimum atomic E-state index is -3.95. The lowest BCUT2D eigenvalue weighted by atomic mass is 10.1. The van der Waals surface area contributed by atoms with Gasteiger partial charge in [-0.2, -0.15) is 8.42 Å². The second-order valence-electron chi connectivity index (χ2n) is 5.61. The summed E-state index contributed by atoms with van der Waals surface area (Å²) >= 11 is 6.16. The molecule has 0 radical (unpaired) electrons. The van der Waals surface area contributed by atoms with Gasteiger partial charge in [-0.05, 0) is 54.4 Å². The number of amides is 1. The lowest BCUT2D eigenvalue weighted by Gasteiger charge is -2.21. The monoisotopic (exact) mass is 396 g/mol. The molecule has 3 rings (SSSR count). The van der Waals surface area contributed by atoms with Gasteiger partial charge in [-0.15, -0.1) is 11.3 Å². The standard InChI is InChI=1S/C16H16N2O4S3/c1-10-8-12-9-13(5-6-14(12)17-16(23)22-10)18(11(2)19)25(20,21)15-4-3-7-24-15/h3-7,9-10H,8H2,1-2H3,(H,17,23). The molecule has 132 valence electrons. The number of hydrogen-bond acceptors (Lipinski definition) is 6. The SMILES string of the molecule is CC(=O)N(c1ccc2c(c1)CC(C)OC(=S)N2)S(=O)(=O)c1cccs1. The summed E-state index contributed by atoms with van der Waals surface area (Å²) < 4.78 is 32.1. The molecule has 1 aromatic carbocycles. The van der Waals surface area contributed by atoms with E-state index in [0.717, 1.165) is 26.9 Å². The lowest BCUT2D eigenvalue weighted by Crippen LogP contribution is -2.34. The average molecular weight is 397 g/mol. The molecule has 0 fully saturated rings. The summed E-state index contributed by atoms with van der Waals surface area (Å²) in [6.07, 6.45) is 0.386. The van der Waals surface area contributed by atoms with Gasteiger partial charge in [0.1, 0.15) is 10.3 Å². The van der Waals surface area contributed by atoms with Crippen molar-refractivity contribution in [2.75, 3.05) is 9.62 Å². The van der Waals surface area contributed by atoms with Crippen LogP contribution in [0.1, 0.15) is 19.4 Å². The van der Waals surface area contributed by atoms with Crippen LogP contribution >= 0.6 is 23.6 Å². The van der Waals surface area contributed by atoms with E-state index >= 15 is 0 Å². The van der Waals surface area contributed by atoms with Crippen LogP contribution in [0, 0.1) is 0 Å². The zero-order valence-corrected chi connectivity index (χ0v) is 16.0. The Bertz CT molecular complexity index is 923. The zero-order valence-electron chi connectivity index (χ0n) is 13.6. The molecule has 9 heteroatoms. The first-order chi connectivity index (χ1) is 11.8. The normalized spacial score (nSPS) is 17.0. The third-order valence-electron chi connectivity index (χ3n) is 3.65. The van der Waals surface area contributed by atoms with Crippen molar-refractivity contribution in [3.05, 3.63) is 41.3 Å². The number of benzene rings is 1. The molecule has 1 aromatic heterocycles. The van der Waals surface area contributed by atoms with Crippen LogP contribution in [0.5, 0.6) is 0 Å². The minimum absolute atomic E-state index is 0.119. The molecule has 0 aliphatic carbocycles. The van der Waals surface area contributed by atoms with E-state index in [1.807, 2.05) is 6.92 Å². The van der Waals surface area contributed by atoms with Crippen molar-refractivity contribution < 1.29 is 17.9 Å². The Hall–Kier alpha value is -1.97. The summed E-state index contributed by atoms with van der Waals surface area (Å²) in [7, 11) is -3.95. The van der Waals surface area contributed by atoms with E-state index in [1.165, 1.54) is 13.0 Å². The predicted molar refractivity (Wildman–Crippen MR) is 102 cm³/mol. The number of hydrogen-bond donors (Lipinski definition) is 1. The number of thiocarbonyl (C=S) groups is 1. The summed E-state index contributed by atoms with van der Waals surface area (Å²) in [4.78, 5) is 12.1. The number of sulfonamides is 1. The molecule has 6 nitrogen and oxygen atoms in total. The second kappa shape index (κ2) is 6.74. The highest BCUT2D eigenvalue weighted by atomic mass is 32.2. The van der Waals surface area contributed by atoms with Gasteiger partial charge in [0.05, 0.1) is 5.69 Å². The van der Waals surface area contributed by atoms with Crippen LogP contribution in [0.2, 0.25) is 0 Å². The van der Waals surface area contributed by atoms with Crippen LogP contribution < -0.4 is 9.62 Å². The van der Waals surface area contributed by atoms with Crippen molar-refractivity contribution in [3.8, 4) is 0 Å². The number of rotatable bonds is 3. The van der Waals surface area contributed by atoms with Gasteiger partial charge in [-0.25, -0.2) is 4.31 Å². The van der Waals surface area contributed by atoms with Gasteiger partial charge in [0.15, 0.2) is 0 Å². The van der Waals surface area contributed by atoms with Gasteiger partial charge in [0.2, 0.25) is 5.91 Å². The van der Waals surface area contributed by atoms with Gasteiger partial charge in [0.25, 0.3) is 15.2 Å². The summed E-state index contributed by atoms with van der Waals surface area (Å²) in [6.45, 7) is 3.11. The number of fused-ring (bicyclic) bond motifs is 1. The number of thiophene rings is 1. The summed E-state index contributed by atoms with van der Waals surface area (Å²) in [5.74, 6) is -0.574. The molecule has 0 bridgehead atoms. The van der Waals surface area contributed by atoms with E-state index in [0.29, 0.717) is 12.1 Å². The fraction of sp³-hybridized carbons (Fsp3) is 0.250. The molecule has 1 N–H and O–H groups in total. The molecule has 0 spiro atoms. The van der Waals surface area contributed by atoms with Crippen LogP contribution in [0.15, 0.2) is 39.9 Å². The first kappa shape index (κ1) is 17.8. The van der Waals surface area contributed by atoms with Crippen molar-refractivity contribution >= 4 is 56.0 Å². The molecular weight excluding hydrogens is 380 g/mol. The Morgan fingerprint density at radius 2 is 2.16 bits per heavy atom. The minimum Gasteiger partial charge on any atom is -0.467 e. The van der Waals surface area contributed by atoms with Gasteiger partial charge in [0, 0.05) is 19.0 Å². The number of ether oxygens (including phenoxy) is 1. The van der Waals surface area contributed by atoms with Crippen molar-refractivity contribution in [2.45, 2.75) is 30.6 Å². The van der Waals surface area contributed by atoms with Gasteiger partial charge in [-0.3, -0.25) is 4.79 Å². The topological polar surface area (TPSA) is 75.7 Å². The number of carbonyl (C=O) groups is 1. The Morgan fingerprint density at radius 1 is 1.40 bits per heavy atom. The molecule has 0 saturated carbocycles. The zero-order chi connectivity index (χ0) is 18.2. The lowest BCUT2D eigenvalue weighted by molar-refractivity contribution is -0.115. The first-order valence-corrected chi connectivity index (χ1v) is 10.2. The maximum absolute atomic E-state index is 12.8. The highest BCUT2D eigenvalue weighted by molar-refractivity contribution is 7.95. The van der Waals surface area contributed by atoms with Crippen LogP contribution in [0.3, 0.4) is 0 Å². The van der Waals surface area contributed by atoms with Crippen LogP contribution in [-0.2, 0) is 26.0 Å². The maximum atomic E-state index is 12.8. The number of carbonyl (C=O) groups excluding carboxylic acids is 1. The van der Waals surface area contributed by atoms with E-state index in [2.05, 4.69) is 5.32 Å². The smallest absolute Gasteiger partial charge is 0.280 e. The maximum Gasteiger partial charge on any atom is 0.280 e. The summed E-state index contributed by atoms with van der Waals surface area (Å²) in [6, 6.07) is 8.09. The van der Waals surface area contributed by atoms with Crippen molar-refractivity contribution in [1.29, 1.82) is 0 Å². The average Bonchev–Trinajstić information content (AvgIpc) is 2.99. The van der Waals surface area contributed by atoms with Gasteiger partial charge < -0.3 is 10.1 Å². The molecule has 1 aliphatic heterocycles. The van der Waals surface area contributed by atoms with E-state index in [-0.39, 0.29) is 15.5 Å². The molecule has 2 aromatic rings. The molecule has 25 heavy (non-hydrogen) atoms. The Labute approximate surface area is 155 Å². The Morgan fingerprint density at radius 3 is 2.80 bits per heavy atom. The second-order valence-corrected chi connectivity index (χ2v) is 8.94. The molecule has 1 amide bonds. The van der Waals surface area contributed by atoms with E-state index in [1.54, 1.807) is 29.6 Å². The molecular formula is C16H16N2O4S3. The molecule has 0 saturated heterocycles. The fourth-order valence-electron chi connectivity index (χ4n) is 2.66. The van der Waals surface area contributed by atoms with E-state index in [4.69, 9.17) is 17.0 Å². The third kappa shape index (κ3) is 3.53. The Balaban J connectivity index is 2.07. The highest BCUT2D eigenvalue weighted by Crippen LogP contribution is 2.31. The fourth-order valence-corrected chi connectivity index (χ4v) is 5.42. The number of nitrogens with one attached hydrogen (secondary N) is 1.